The van der Waals surface area contributed by atoms with E-state index in [2.05, 4.69) is 13.8 Å². The van der Waals surface area contributed by atoms with Crippen LogP contribution in [0.4, 0.5) is 0 Å². The van der Waals surface area contributed by atoms with Crippen LogP contribution in [0.3, 0.4) is 0 Å². The minimum atomic E-state index is -3.93. The molecule has 0 spiro atoms. The van der Waals surface area contributed by atoms with E-state index in [4.69, 9.17) is 0 Å². The monoisotopic (exact) mass is 286 g/mol. The SMILES string of the molecule is CCCC1CC(C)C2C3CC(C12)C(C)(S(=O)(=O)O)C3. The molecule has 7 atom stereocenters. The molecule has 19 heavy (non-hydrogen) atoms. The van der Waals surface area contributed by atoms with E-state index in [1.807, 2.05) is 0 Å². The van der Waals surface area contributed by atoms with Crippen LogP contribution in [0.2, 0.25) is 0 Å². The quantitative estimate of drug-likeness (QED) is 0.809. The van der Waals surface area contributed by atoms with Gasteiger partial charge in [-0.15, -0.1) is 0 Å². The van der Waals surface area contributed by atoms with Gasteiger partial charge in [0.15, 0.2) is 0 Å². The Morgan fingerprint density at radius 1 is 1.26 bits per heavy atom. The first kappa shape index (κ1) is 13.9. The van der Waals surface area contributed by atoms with Gasteiger partial charge in [0.2, 0.25) is 0 Å². The molecule has 2 bridgehead atoms. The lowest BCUT2D eigenvalue weighted by molar-refractivity contribution is 0.151. The summed E-state index contributed by atoms with van der Waals surface area (Å²) in [5.74, 6) is 3.40. The van der Waals surface area contributed by atoms with Crippen molar-refractivity contribution in [2.24, 2.45) is 35.5 Å². The van der Waals surface area contributed by atoms with Crippen LogP contribution in [-0.2, 0) is 10.1 Å². The third-order valence-corrected chi connectivity index (χ3v) is 8.23. The Bertz CT molecular complexity index is 472. The van der Waals surface area contributed by atoms with Gasteiger partial charge in [0.1, 0.15) is 0 Å². The lowest BCUT2D eigenvalue weighted by Crippen LogP contribution is -2.46. The zero-order chi connectivity index (χ0) is 14.0. The van der Waals surface area contributed by atoms with Gasteiger partial charge in [-0.3, -0.25) is 4.55 Å². The molecule has 3 fully saturated rings. The highest BCUT2D eigenvalue weighted by Crippen LogP contribution is 2.67. The third-order valence-electron chi connectivity index (χ3n) is 6.59. The second-order valence-corrected chi connectivity index (χ2v) is 9.39. The summed E-state index contributed by atoms with van der Waals surface area (Å²) in [5, 5.41) is 0. The summed E-state index contributed by atoms with van der Waals surface area (Å²) >= 11 is 0. The summed E-state index contributed by atoms with van der Waals surface area (Å²) < 4.78 is 32.5. The van der Waals surface area contributed by atoms with Gasteiger partial charge in [-0.1, -0.05) is 26.7 Å². The molecule has 0 aliphatic heterocycles. The van der Waals surface area contributed by atoms with Gasteiger partial charge in [-0.2, -0.15) is 8.42 Å². The molecule has 1 N–H and O–H groups in total. The number of hydrogen-bond acceptors (Lipinski definition) is 2. The van der Waals surface area contributed by atoms with Crippen LogP contribution in [0.15, 0.2) is 0 Å². The minimum absolute atomic E-state index is 0.194. The van der Waals surface area contributed by atoms with Crippen molar-refractivity contribution in [3.05, 3.63) is 0 Å². The Hall–Kier alpha value is -0.0900. The van der Waals surface area contributed by atoms with Crippen LogP contribution in [0.1, 0.15) is 52.9 Å². The summed E-state index contributed by atoms with van der Waals surface area (Å²) in [6, 6.07) is 0. The largest absolute Gasteiger partial charge is 0.285 e. The highest BCUT2D eigenvalue weighted by molar-refractivity contribution is 7.87. The fourth-order valence-electron chi connectivity index (χ4n) is 6.03. The van der Waals surface area contributed by atoms with Gasteiger partial charge >= 0.3 is 0 Å². The fraction of sp³-hybridized carbons (Fsp3) is 1.00. The Labute approximate surface area is 116 Å². The molecule has 4 heteroatoms. The molecule has 0 aromatic rings. The zero-order valence-electron chi connectivity index (χ0n) is 12.2. The topological polar surface area (TPSA) is 54.4 Å². The van der Waals surface area contributed by atoms with E-state index in [9.17, 15) is 13.0 Å². The van der Waals surface area contributed by atoms with Crippen LogP contribution < -0.4 is 0 Å². The van der Waals surface area contributed by atoms with Crippen molar-refractivity contribution >= 4 is 10.1 Å². The van der Waals surface area contributed by atoms with Gasteiger partial charge in [0.25, 0.3) is 10.1 Å². The predicted molar refractivity (Wildman–Crippen MR) is 75.3 cm³/mol. The second-order valence-electron chi connectivity index (χ2n) is 7.51. The average molecular weight is 286 g/mol. The summed E-state index contributed by atoms with van der Waals surface area (Å²) in [7, 11) is -3.93. The summed E-state index contributed by atoms with van der Waals surface area (Å²) in [6.07, 6.45) is 5.37. The van der Waals surface area contributed by atoms with Crippen LogP contribution in [0.5, 0.6) is 0 Å². The van der Waals surface area contributed by atoms with E-state index in [0.29, 0.717) is 24.2 Å². The predicted octanol–water partition coefficient (Wildman–Crippen LogP) is 3.36. The van der Waals surface area contributed by atoms with Gasteiger partial charge in [0.05, 0.1) is 4.75 Å². The molecule has 3 aliphatic carbocycles. The molecular formula is C15H26O3S. The molecule has 3 aliphatic rings. The Balaban J connectivity index is 1.95. The number of rotatable bonds is 3. The van der Waals surface area contributed by atoms with Crippen molar-refractivity contribution in [1.82, 2.24) is 0 Å². The van der Waals surface area contributed by atoms with Gasteiger partial charge < -0.3 is 0 Å². The molecule has 0 heterocycles. The molecule has 0 radical (unpaired) electrons. The highest BCUT2D eigenvalue weighted by Gasteiger charge is 2.66. The molecule has 7 unspecified atom stereocenters. The zero-order valence-corrected chi connectivity index (χ0v) is 13.0. The first-order valence-corrected chi connectivity index (χ1v) is 9.20. The van der Waals surface area contributed by atoms with E-state index in [1.54, 1.807) is 6.92 Å². The van der Waals surface area contributed by atoms with E-state index >= 15 is 0 Å². The van der Waals surface area contributed by atoms with E-state index in [0.717, 1.165) is 18.3 Å². The van der Waals surface area contributed by atoms with Gasteiger partial charge in [-0.25, -0.2) is 0 Å². The molecule has 110 valence electrons. The Morgan fingerprint density at radius 2 is 1.95 bits per heavy atom. The van der Waals surface area contributed by atoms with Crippen LogP contribution in [0, 0.1) is 35.5 Å². The molecular weight excluding hydrogens is 260 g/mol. The molecule has 0 amide bonds. The highest BCUT2D eigenvalue weighted by atomic mass is 32.2. The molecule has 3 saturated carbocycles. The Kier molecular flexibility index (Phi) is 3.07. The Morgan fingerprint density at radius 3 is 2.53 bits per heavy atom. The lowest BCUT2D eigenvalue weighted by Gasteiger charge is -2.40. The normalized spacial score (nSPS) is 52.6. The standard InChI is InChI=1S/C15H26O3S/c1-4-5-10-6-9(2)13-11-7-12(14(10)13)15(3,8-11)19(16,17)18/h9-14H,4-8H2,1-3H3,(H,16,17,18). The van der Waals surface area contributed by atoms with Crippen molar-refractivity contribution < 1.29 is 13.0 Å². The third kappa shape index (κ3) is 1.75. The molecule has 0 aromatic heterocycles. The van der Waals surface area contributed by atoms with Crippen LogP contribution in [-0.4, -0.2) is 17.7 Å². The van der Waals surface area contributed by atoms with Crippen molar-refractivity contribution in [3.63, 3.8) is 0 Å². The summed E-state index contributed by atoms with van der Waals surface area (Å²) in [5.41, 5.74) is 0. The maximum Gasteiger partial charge on any atom is 0.270 e. The number of fused-ring (bicyclic) bond motifs is 5. The maximum absolute atomic E-state index is 11.8. The molecule has 3 nitrogen and oxygen atoms in total. The average Bonchev–Trinajstić information content (AvgIpc) is 2.89. The first-order valence-electron chi connectivity index (χ1n) is 7.76. The minimum Gasteiger partial charge on any atom is -0.285 e. The van der Waals surface area contributed by atoms with Crippen LogP contribution >= 0.6 is 0 Å². The smallest absolute Gasteiger partial charge is 0.270 e. The van der Waals surface area contributed by atoms with Gasteiger partial charge in [0, 0.05) is 0 Å². The van der Waals surface area contributed by atoms with E-state index < -0.39 is 14.9 Å². The van der Waals surface area contributed by atoms with Crippen molar-refractivity contribution in [3.8, 4) is 0 Å². The fourth-order valence-corrected chi connectivity index (χ4v) is 7.09. The molecule has 0 aromatic carbocycles. The van der Waals surface area contributed by atoms with Crippen molar-refractivity contribution in [1.29, 1.82) is 0 Å². The molecule has 0 saturated heterocycles. The van der Waals surface area contributed by atoms with Crippen molar-refractivity contribution in [2.75, 3.05) is 0 Å². The van der Waals surface area contributed by atoms with Gasteiger partial charge in [-0.05, 0) is 61.7 Å². The number of hydrogen-bond donors (Lipinski definition) is 1. The molecule has 3 rings (SSSR count). The van der Waals surface area contributed by atoms with E-state index in [1.165, 1.54) is 19.3 Å². The van der Waals surface area contributed by atoms with Crippen LogP contribution in [0.25, 0.3) is 0 Å². The van der Waals surface area contributed by atoms with E-state index in [-0.39, 0.29) is 5.92 Å². The first-order chi connectivity index (χ1) is 8.79. The van der Waals surface area contributed by atoms with Crippen molar-refractivity contribution in [2.45, 2.75) is 57.6 Å². The maximum atomic E-state index is 11.8. The second kappa shape index (κ2) is 4.20. The summed E-state index contributed by atoms with van der Waals surface area (Å²) in [4.78, 5) is 0. The summed E-state index contributed by atoms with van der Waals surface area (Å²) in [6.45, 7) is 6.35. The lowest BCUT2D eigenvalue weighted by atomic mass is 9.71.